The van der Waals surface area contributed by atoms with Crippen LogP contribution in [0.2, 0.25) is 0 Å². The molecule has 4 nitrogen and oxygen atoms in total. The molecule has 2 atom stereocenters. The lowest BCUT2D eigenvalue weighted by Crippen LogP contribution is -2.28. The van der Waals surface area contributed by atoms with Crippen LogP contribution in [0.5, 0.6) is 0 Å². The first-order valence-corrected chi connectivity index (χ1v) is 7.07. The fourth-order valence-electron chi connectivity index (χ4n) is 3.17. The SMILES string of the molecule is CC1(c2cncn2CCC2CCOC2)CCNC1. The van der Waals surface area contributed by atoms with Crippen molar-refractivity contribution in [3.63, 3.8) is 0 Å². The van der Waals surface area contributed by atoms with Gasteiger partial charge in [0, 0.05) is 43.6 Å². The van der Waals surface area contributed by atoms with Gasteiger partial charge in [-0.05, 0) is 31.7 Å². The lowest BCUT2D eigenvalue weighted by atomic mass is 9.86. The molecule has 1 N–H and O–H groups in total. The molecule has 100 valence electrons. The van der Waals surface area contributed by atoms with Crippen molar-refractivity contribution in [3.05, 3.63) is 18.2 Å². The fourth-order valence-corrected chi connectivity index (χ4v) is 3.17. The maximum atomic E-state index is 5.44. The first-order chi connectivity index (χ1) is 8.78. The van der Waals surface area contributed by atoms with Gasteiger partial charge in [0.05, 0.1) is 6.33 Å². The summed E-state index contributed by atoms with van der Waals surface area (Å²) in [5.41, 5.74) is 1.66. The lowest BCUT2D eigenvalue weighted by Gasteiger charge is -2.24. The third-order valence-electron chi connectivity index (χ3n) is 4.50. The Balaban J connectivity index is 1.67. The van der Waals surface area contributed by atoms with Gasteiger partial charge >= 0.3 is 0 Å². The van der Waals surface area contributed by atoms with E-state index in [2.05, 4.69) is 28.0 Å². The Hall–Kier alpha value is -0.870. The van der Waals surface area contributed by atoms with E-state index in [1.807, 2.05) is 6.33 Å². The Morgan fingerprint density at radius 3 is 3.28 bits per heavy atom. The first kappa shape index (κ1) is 12.2. The molecule has 0 aromatic carbocycles. The number of aromatic nitrogens is 2. The molecule has 18 heavy (non-hydrogen) atoms. The van der Waals surface area contributed by atoms with Gasteiger partial charge in [0.25, 0.3) is 0 Å². The molecule has 4 heteroatoms. The van der Waals surface area contributed by atoms with Crippen LogP contribution in [0, 0.1) is 5.92 Å². The van der Waals surface area contributed by atoms with Crippen molar-refractivity contribution in [2.24, 2.45) is 5.92 Å². The maximum absolute atomic E-state index is 5.44. The van der Waals surface area contributed by atoms with Crippen LogP contribution in [-0.2, 0) is 16.7 Å². The number of aryl methyl sites for hydroxylation is 1. The van der Waals surface area contributed by atoms with E-state index in [9.17, 15) is 0 Å². The smallest absolute Gasteiger partial charge is 0.0948 e. The zero-order valence-electron chi connectivity index (χ0n) is 11.2. The standard InChI is InChI=1S/C14H23N3O/c1-14(4-5-15-10-14)13-8-16-11-17(13)6-2-12-3-7-18-9-12/h8,11-12,15H,2-7,9-10H2,1H3. The molecule has 3 rings (SSSR count). The Kier molecular flexibility index (Phi) is 3.39. The van der Waals surface area contributed by atoms with Crippen molar-refractivity contribution >= 4 is 0 Å². The van der Waals surface area contributed by atoms with E-state index in [-0.39, 0.29) is 5.41 Å². The number of ether oxygens (including phenoxy) is 1. The van der Waals surface area contributed by atoms with Crippen molar-refractivity contribution in [1.29, 1.82) is 0 Å². The molecule has 2 saturated heterocycles. The summed E-state index contributed by atoms with van der Waals surface area (Å²) >= 11 is 0. The van der Waals surface area contributed by atoms with Gasteiger partial charge in [-0.25, -0.2) is 4.98 Å². The van der Waals surface area contributed by atoms with Crippen LogP contribution in [0.1, 0.15) is 31.9 Å². The molecule has 2 aliphatic rings. The summed E-state index contributed by atoms with van der Waals surface area (Å²) in [5, 5.41) is 3.46. The summed E-state index contributed by atoms with van der Waals surface area (Å²) < 4.78 is 7.79. The Labute approximate surface area is 109 Å². The highest BCUT2D eigenvalue weighted by molar-refractivity contribution is 5.17. The number of hydrogen-bond acceptors (Lipinski definition) is 3. The Morgan fingerprint density at radius 2 is 2.56 bits per heavy atom. The van der Waals surface area contributed by atoms with E-state index in [0.29, 0.717) is 0 Å². The maximum Gasteiger partial charge on any atom is 0.0948 e. The number of imidazole rings is 1. The topological polar surface area (TPSA) is 39.1 Å². The van der Waals surface area contributed by atoms with Crippen LogP contribution in [-0.4, -0.2) is 35.9 Å². The predicted octanol–water partition coefficient (Wildman–Crippen LogP) is 1.56. The summed E-state index contributed by atoms with van der Waals surface area (Å²) in [5.74, 6) is 0.745. The van der Waals surface area contributed by atoms with E-state index in [4.69, 9.17) is 4.74 Å². The van der Waals surface area contributed by atoms with Crippen LogP contribution < -0.4 is 5.32 Å². The predicted molar refractivity (Wildman–Crippen MR) is 70.6 cm³/mol. The third-order valence-corrected chi connectivity index (χ3v) is 4.50. The molecule has 0 bridgehead atoms. The molecule has 0 saturated carbocycles. The summed E-state index contributed by atoms with van der Waals surface area (Å²) in [6.45, 7) is 7.52. The molecule has 0 amide bonds. The summed E-state index contributed by atoms with van der Waals surface area (Å²) in [4.78, 5) is 4.36. The zero-order valence-corrected chi connectivity index (χ0v) is 11.2. The van der Waals surface area contributed by atoms with Crippen molar-refractivity contribution in [2.75, 3.05) is 26.3 Å². The molecule has 2 fully saturated rings. The van der Waals surface area contributed by atoms with Crippen LogP contribution in [0.4, 0.5) is 0 Å². The molecular formula is C14H23N3O. The second-order valence-corrected chi connectivity index (χ2v) is 5.98. The minimum atomic E-state index is 0.267. The third kappa shape index (κ3) is 2.31. The molecule has 0 aliphatic carbocycles. The van der Waals surface area contributed by atoms with E-state index in [0.717, 1.165) is 38.8 Å². The van der Waals surface area contributed by atoms with Crippen LogP contribution in [0.3, 0.4) is 0 Å². The number of rotatable bonds is 4. The highest BCUT2D eigenvalue weighted by Gasteiger charge is 2.33. The second-order valence-electron chi connectivity index (χ2n) is 5.98. The van der Waals surface area contributed by atoms with Gasteiger partial charge in [-0.3, -0.25) is 0 Å². The molecular weight excluding hydrogens is 226 g/mol. The highest BCUT2D eigenvalue weighted by atomic mass is 16.5. The van der Waals surface area contributed by atoms with Gasteiger partial charge in [-0.15, -0.1) is 0 Å². The first-order valence-electron chi connectivity index (χ1n) is 7.07. The van der Waals surface area contributed by atoms with Crippen molar-refractivity contribution in [3.8, 4) is 0 Å². The molecule has 2 unspecified atom stereocenters. The largest absolute Gasteiger partial charge is 0.381 e. The molecule has 1 aromatic rings. The summed E-state index contributed by atoms with van der Waals surface area (Å²) in [7, 11) is 0. The van der Waals surface area contributed by atoms with Gasteiger partial charge in [-0.1, -0.05) is 6.92 Å². The lowest BCUT2D eigenvalue weighted by molar-refractivity contribution is 0.183. The fraction of sp³-hybridized carbons (Fsp3) is 0.786. The highest BCUT2D eigenvalue weighted by Crippen LogP contribution is 2.30. The molecule has 1 aromatic heterocycles. The summed E-state index contributed by atoms with van der Waals surface area (Å²) in [6.07, 6.45) is 7.70. The number of nitrogens with zero attached hydrogens (tertiary/aromatic N) is 2. The molecule has 2 aliphatic heterocycles. The van der Waals surface area contributed by atoms with Gasteiger partial charge in [0.1, 0.15) is 0 Å². The zero-order chi connectivity index (χ0) is 12.4. The Bertz CT molecular complexity index is 389. The Morgan fingerprint density at radius 1 is 1.61 bits per heavy atom. The van der Waals surface area contributed by atoms with E-state index in [1.165, 1.54) is 25.0 Å². The van der Waals surface area contributed by atoms with E-state index < -0.39 is 0 Å². The normalized spacial score (nSPS) is 32.2. The van der Waals surface area contributed by atoms with Crippen molar-refractivity contribution in [1.82, 2.24) is 14.9 Å². The number of nitrogens with one attached hydrogen (secondary N) is 1. The minimum Gasteiger partial charge on any atom is -0.381 e. The van der Waals surface area contributed by atoms with Crippen LogP contribution in [0.25, 0.3) is 0 Å². The van der Waals surface area contributed by atoms with Gasteiger partial charge in [-0.2, -0.15) is 0 Å². The minimum absolute atomic E-state index is 0.267. The van der Waals surface area contributed by atoms with Crippen LogP contribution >= 0.6 is 0 Å². The monoisotopic (exact) mass is 249 g/mol. The number of hydrogen-bond donors (Lipinski definition) is 1. The molecule has 0 radical (unpaired) electrons. The average Bonchev–Trinajstić information content (AvgIpc) is 3.08. The summed E-state index contributed by atoms with van der Waals surface area (Å²) in [6, 6.07) is 0. The van der Waals surface area contributed by atoms with Crippen molar-refractivity contribution in [2.45, 2.75) is 38.1 Å². The van der Waals surface area contributed by atoms with E-state index in [1.54, 1.807) is 0 Å². The average molecular weight is 249 g/mol. The molecule has 0 spiro atoms. The van der Waals surface area contributed by atoms with Gasteiger partial charge in [0.15, 0.2) is 0 Å². The van der Waals surface area contributed by atoms with Crippen molar-refractivity contribution < 1.29 is 4.74 Å². The van der Waals surface area contributed by atoms with E-state index >= 15 is 0 Å². The van der Waals surface area contributed by atoms with Gasteiger partial charge < -0.3 is 14.6 Å². The molecule has 3 heterocycles. The van der Waals surface area contributed by atoms with Gasteiger partial charge in [0.2, 0.25) is 0 Å². The second kappa shape index (κ2) is 5.02. The van der Waals surface area contributed by atoms with Crippen LogP contribution in [0.15, 0.2) is 12.5 Å². The quantitative estimate of drug-likeness (QED) is 0.880.